The molecule has 1 heterocycles. The number of rotatable bonds is 3. The first-order chi connectivity index (χ1) is 11.0. The highest BCUT2D eigenvalue weighted by Crippen LogP contribution is 2.39. The van der Waals surface area contributed by atoms with Crippen LogP contribution in [0.25, 0.3) is 5.57 Å². The zero-order chi connectivity index (χ0) is 16.4. The Morgan fingerprint density at radius 1 is 0.957 bits per heavy atom. The molecule has 0 aliphatic carbocycles. The van der Waals surface area contributed by atoms with E-state index >= 15 is 0 Å². The minimum Gasteiger partial charge on any atom is -0.349 e. The van der Waals surface area contributed by atoms with E-state index in [1.807, 2.05) is 6.07 Å². The minimum atomic E-state index is -4.45. The Labute approximate surface area is 135 Å². The molecule has 6 heteroatoms. The molecular formula is C17H12F3NOS. The average Bonchev–Trinajstić information content (AvgIpc) is 2.88. The third-order valence-electron chi connectivity index (χ3n) is 3.40. The first-order valence-electron chi connectivity index (χ1n) is 6.86. The normalized spacial score (nSPS) is 15.2. The van der Waals surface area contributed by atoms with Crippen LogP contribution in [-0.4, -0.2) is 11.5 Å². The quantitative estimate of drug-likeness (QED) is 0.873. The summed E-state index contributed by atoms with van der Waals surface area (Å²) in [7, 11) is 0. The maximum Gasteiger partial charge on any atom is 0.418 e. The van der Waals surface area contributed by atoms with Gasteiger partial charge in [-0.3, -0.25) is 4.79 Å². The molecule has 3 rings (SSSR count). The van der Waals surface area contributed by atoms with Crippen LogP contribution in [0.1, 0.15) is 11.1 Å². The highest BCUT2D eigenvalue weighted by atomic mass is 32.2. The molecule has 0 atom stereocenters. The number of ketones is 1. The number of Topliss-reactive ketones (excluding diaryl/α,β-unsaturated/α-hetero) is 1. The molecule has 0 amide bonds. The maximum absolute atomic E-state index is 13.1. The summed E-state index contributed by atoms with van der Waals surface area (Å²) in [6.07, 6.45) is -4.45. The lowest BCUT2D eigenvalue weighted by atomic mass is 10.0. The number of anilines is 1. The molecule has 1 N–H and O–H groups in total. The Morgan fingerprint density at radius 3 is 2.30 bits per heavy atom. The van der Waals surface area contributed by atoms with Gasteiger partial charge in [-0.25, -0.2) is 0 Å². The summed E-state index contributed by atoms with van der Waals surface area (Å²) in [5.41, 5.74) is 0.340. The third kappa shape index (κ3) is 3.27. The van der Waals surface area contributed by atoms with Gasteiger partial charge in [0.1, 0.15) is 0 Å². The fourth-order valence-electron chi connectivity index (χ4n) is 2.37. The van der Waals surface area contributed by atoms with Crippen LogP contribution in [0.3, 0.4) is 0 Å². The van der Waals surface area contributed by atoms with E-state index in [1.165, 1.54) is 30.0 Å². The predicted octanol–water partition coefficient (Wildman–Crippen LogP) is 4.80. The molecule has 2 aromatic rings. The lowest BCUT2D eigenvalue weighted by molar-refractivity contribution is -0.136. The lowest BCUT2D eigenvalue weighted by Crippen LogP contribution is -2.10. The number of hydrogen-bond donors (Lipinski definition) is 1. The van der Waals surface area contributed by atoms with Gasteiger partial charge < -0.3 is 5.32 Å². The van der Waals surface area contributed by atoms with Crippen LogP contribution in [-0.2, 0) is 11.0 Å². The van der Waals surface area contributed by atoms with Crippen LogP contribution in [0.2, 0.25) is 0 Å². The number of carbonyl (C=O) groups excluding carboxylic acids is 1. The molecule has 1 aliphatic heterocycles. The molecule has 0 saturated heterocycles. The molecule has 0 unspecified atom stereocenters. The van der Waals surface area contributed by atoms with E-state index < -0.39 is 11.7 Å². The molecule has 0 saturated carbocycles. The van der Waals surface area contributed by atoms with E-state index in [9.17, 15) is 18.0 Å². The zero-order valence-electron chi connectivity index (χ0n) is 11.9. The van der Waals surface area contributed by atoms with E-state index in [2.05, 4.69) is 5.32 Å². The fraction of sp³-hybridized carbons (Fsp3) is 0.118. The number of alkyl halides is 3. The minimum absolute atomic E-state index is 0.0503. The van der Waals surface area contributed by atoms with E-state index in [4.69, 9.17) is 0 Å². The van der Waals surface area contributed by atoms with Gasteiger partial charge in [0.05, 0.1) is 27.6 Å². The van der Waals surface area contributed by atoms with Crippen molar-refractivity contribution in [3.05, 3.63) is 70.8 Å². The number of thioether (sulfide) groups is 1. The van der Waals surface area contributed by atoms with Crippen LogP contribution in [0, 0.1) is 0 Å². The Hall–Kier alpha value is -2.21. The van der Waals surface area contributed by atoms with Crippen molar-refractivity contribution in [1.29, 1.82) is 0 Å². The molecule has 2 nitrogen and oxygen atoms in total. The second-order valence-electron chi connectivity index (χ2n) is 4.95. The highest BCUT2D eigenvalue weighted by Gasteiger charge is 2.34. The Bertz CT molecular complexity index is 769. The molecule has 0 fully saturated rings. The highest BCUT2D eigenvalue weighted by molar-refractivity contribution is 8.04. The van der Waals surface area contributed by atoms with Gasteiger partial charge in [0, 0.05) is 0 Å². The number of carbonyl (C=O) groups is 1. The summed E-state index contributed by atoms with van der Waals surface area (Å²) in [6.45, 7) is 0. The summed E-state index contributed by atoms with van der Waals surface area (Å²) >= 11 is 1.22. The summed E-state index contributed by atoms with van der Waals surface area (Å²) in [4.78, 5) is 12.1. The number of allylic oxidation sites excluding steroid dienone is 1. The predicted molar refractivity (Wildman–Crippen MR) is 85.9 cm³/mol. The van der Waals surface area contributed by atoms with Gasteiger partial charge in [0.15, 0.2) is 5.78 Å². The summed E-state index contributed by atoms with van der Waals surface area (Å²) in [6, 6.07) is 14.2. The van der Waals surface area contributed by atoms with E-state index in [-0.39, 0.29) is 17.2 Å². The number of nitrogens with one attached hydrogen (secondary N) is 1. The molecule has 0 spiro atoms. The molecule has 1 aliphatic rings. The van der Waals surface area contributed by atoms with Crippen molar-refractivity contribution in [3.8, 4) is 0 Å². The van der Waals surface area contributed by atoms with E-state index in [1.54, 1.807) is 24.3 Å². The Morgan fingerprint density at radius 2 is 1.61 bits per heavy atom. The van der Waals surface area contributed by atoms with E-state index in [0.29, 0.717) is 16.2 Å². The standard InChI is InChI=1S/C17H12F3NOS/c18-17(19,20)12-8-4-5-9-13(12)21-16-15(14(22)10-23-16)11-6-2-1-3-7-11/h1-9,21H,10H2. The second-order valence-corrected chi connectivity index (χ2v) is 5.94. The molecule has 0 radical (unpaired) electrons. The van der Waals surface area contributed by atoms with Gasteiger partial charge in [-0.05, 0) is 17.7 Å². The number of hydrogen-bond acceptors (Lipinski definition) is 3. The lowest BCUT2D eigenvalue weighted by Gasteiger charge is -2.15. The van der Waals surface area contributed by atoms with Gasteiger partial charge in [-0.1, -0.05) is 54.2 Å². The monoisotopic (exact) mass is 335 g/mol. The molecule has 0 bridgehead atoms. The maximum atomic E-state index is 13.1. The van der Waals surface area contributed by atoms with Gasteiger partial charge in [-0.2, -0.15) is 13.2 Å². The summed E-state index contributed by atoms with van der Waals surface area (Å²) in [5.74, 6) is 0.133. The largest absolute Gasteiger partial charge is 0.418 e. The van der Waals surface area contributed by atoms with Crippen LogP contribution in [0.4, 0.5) is 18.9 Å². The van der Waals surface area contributed by atoms with Crippen molar-refractivity contribution in [2.24, 2.45) is 0 Å². The molecule has 23 heavy (non-hydrogen) atoms. The Kier molecular flexibility index (Phi) is 4.17. The van der Waals surface area contributed by atoms with Crippen LogP contribution in [0.15, 0.2) is 59.6 Å². The van der Waals surface area contributed by atoms with Crippen molar-refractivity contribution in [1.82, 2.24) is 0 Å². The van der Waals surface area contributed by atoms with Crippen LogP contribution >= 0.6 is 11.8 Å². The number of benzene rings is 2. The average molecular weight is 335 g/mol. The molecule has 118 valence electrons. The molecule has 0 aromatic heterocycles. The number of para-hydroxylation sites is 1. The van der Waals surface area contributed by atoms with Crippen molar-refractivity contribution in [3.63, 3.8) is 0 Å². The number of halogens is 3. The van der Waals surface area contributed by atoms with Crippen LogP contribution in [0.5, 0.6) is 0 Å². The van der Waals surface area contributed by atoms with Gasteiger partial charge in [0.2, 0.25) is 0 Å². The molecule has 2 aromatic carbocycles. The van der Waals surface area contributed by atoms with Gasteiger partial charge in [0.25, 0.3) is 0 Å². The van der Waals surface area contributed by atoms with Crippen molar-refractivity contribution in [2.45, 2.75) is 6.18 Å². The van der Waals surface area contributed by atoms with Gasteiger partial charge in [-0.15, -0.1) is 0 Å². The first-order valence-corrected chi connectivity index (χ1v) is 7.84. The third-order valence-corrected chi connectivity index (χ3v) is 4.40. The van der Waals surface area contributed by atoms with Crippen molar-refractivity contribution >= 4 is 28.8 Å². The Balaban J connectivity index is 2.02. The van der Waals surface area contributed by atoms with Crippen molar-refractivity contribution in [2.75, 3.05) is 11.1 Å². The van der Waals surface area contributed by atoms with Crippen LogP contribution < -0.4 is 5.32 Å². The first kappa shape index (κ1) is 15.7. The second kappa shape index (κ2) is 6.12. The van der Waals surface area contributed by atoms with Gasteiger partial charge >= 0.3 is 6.18 Å². The zero-order valence-corrected chi connectivity index (χ0v) is 12.7. The van der Waals surface area contributed by atoms with Crippen molar-refractivity contribution < 1.29 is 18.0 Å². The summed E-state index contributed by atoms with van der Waals surface area (Å²) in [5, 5.41) is 3.25. The molecular weight excluding hydrogens is 323 g/mol. The topological polar surface area (TPSA) is 29.1 Å². The SMILES string of the molecule is O=C1CSC(Nc2ccccc2C(F)(F)F)=C1c1ccccc1. The van der Waals surface area contributed by atoms with E-state index in [0.717, 1.165) is 6.07 Å². The fourth-order valence-corrected chi connectivity index (χ4v) is 3.34. The smallest absolute Gasteiger partial charge is 0.349 e. The summed E-state index contributed by atoms with van der Waals surface area (Å²) < 4.78 is 39.3.